The number of benzene rings is 1. The fourth-order valence-electron chi connectivity index (χ4n) is 4.08. The van der Waals surface area contributed by atoms with Crippen molar-refractivity contribution >= 4 is 35.8 Å². The second-order valence-corrected chi connectivity index (χ2v) is 7.74. The standard InChI is InChI=1S/C20H28F2N4O.HI/c1-3-23-19(24-11-14(2)16-6-5-15(21)9-17(16)22)26-8-4-7-20(13-26)10-18(27)25-12-20;/h5-6,9,14H,3-4,7-8,10-13H2,1-2H3,(H,23,24)(H,25,27);1H. The third-order valence-electron chi connectivity index (χ3n) is 5.50. The molecule has 1 aromatic rings. The number of halogens is 3. The Labute approximate surface area is 182 Å². The normalized spacial score (nSPS) is 23.4. The number of carbonyl (C=O) groups is 1. The molecule has 0 bridgehead atoms. The molecule has 1 amide bonds. The Morgan fingerprint density at radius 3 is 2.86 bits per heavy atom. The highest BCUT2D eigenvalue weighted by atomic mass is 127. The fraction of sp³-hybridized carbons (Fsp3) is 0.600. The van der Waals surface area contributed by atoms with Gasteiger partial charge in [0.15, 0.2) is 5.96 Å². The van der Waals surface area contributed by atoms with Gasteiger partial charge in [0.1, 0.15) is 11.6 Å². The predicted octanol–water partition coefficient (Wildman–Crippen LogP) is 3.25. The number of nitrogens with zero attached hydrogens (tertiary/aromatic N) is 2. The molecule has 5 nitrogen and oxygen atoms in total. The van der Waals surface area contributed by atoms with E-state index in [0.717, 1.165) is 51.0 Å². The second-order valence-electron chi connectivity index (χ2n) is 7.74. The molecule has 8 heteroatoms. The highest BCUT2D eigenvalue weighted by molar-refractivity contribution is 14.0. The molecule has 156 valence electrons. The molecule has 0 radical (unpaired) electrons. The van der Waals surface area contributed by atoms with Crippen LogP contribution in [0.25, 0.3) is 0 Å². The maximum atomic E-state index is 14.0. The van der Waals surface area contributed by atoms with E-state index >= 15 is 0 Å². The first-order valence-corrected chi connectivity index (χ1v) is 9.67. The lowest BCUT2D eigenvalue weighted by Crippen LogP contribution is -2.51. The highest BCUT2D eigenvalue weighted by Crippen LogP contribution is 2.36. The summed E-state index contributed by atoms with van der Waals surface area (Å²) in [6, 6.07) is 3.69. The monoisotopic (exact) mass is 506 g/mol. The van der Waals surface area contributed by atoms with E-state index in [1.54, 1.807) is 0 Å². The summed E-state index contributed by atoms with van der Waals surface area (Å²) in [6.07, 6.45) is 2.63. The van der Waals surface area contributed by atoms with Gasteiger partial charge in [0.05, 0.1) is 0 Å². The molecule has 2 atom stereocenters. The van der Waals surface area contributed by atoms with Crippen molar-refractivity contribution < 1.29 is 13.6 Å². The molecule has 0 aliphatic carbocycles. The lowest BCUT2D eigenvalue weighted by Gasteiger charge is -2.40. The van der Waals surface area contributed by atoms with Gasteiger partial charge >= 0.3 is 0 Å². The molecule has 0 saturated carbocycles. The Morgan fingerprint density at radius 2 is 2.21 bits per heavy atom. The first kappa shape index (κ1) is 22.8. The zero-order valence-electron chi connectivity index (χ0n) is 16.4. The molecule has 2 aliphatic heterocycles. The fourth-order valence-corrected chi connectivity index (χ4v) is 4.08. The summed E-state index contributed by atoms with van der Waals surface area (Å²) in [4.78, 5) is 18.6. The molecule has 2 N–H and O–H groups in total. The summed E-state index contributed by atoms with van der Waals surface area (Å²) in [6.45, 7) is 7.45. The second kappa shape index (κ2) is 9.84. The van der Waals surface area contributed by atoms with Crippen molar-refractivity contribution in [2.24, 2.45) is 10.4 Å². The minimum Gasteiger partial charge on any atom is -0.357 e. The average Bonchev–Trinajstić information content (AvgIpc) is 2.98. The minimum absolute atomic E-state index is 0. The molecule has 2 heterocycles. The molecule has 0 aromatic heterocycles. The van der Waals surface area contributed by atoms with E-state index in [1.807, 2.05) is 13.8 Å². The van der Waals surface area contributed by atoms with Crippen LogP contribution in [0.4, 0.5) is 8.78 Å². The van der Waals surface area contributed by atoms with Crippen LogP contribution in [0.3, 0.4) is 0 Å². The van der Waals surface area contributed by atoms with Crippen LogP contribution in [0.2, 0.25) is 0 Å². The lowest BCUT2D eigenvalue weighted by molar-refractivity contribution is -0.119. The predicted molar refractivity (Wildman–Crippen MR) is 117 cm³/mol. The van der Waals surface area contributed by atoms with Gasteiger partial charge < -0.3 is 15.5 Å². The molecule has 2 unspecified atom stereocenters. The Hall–Kier alpha value is -1.45. The first-order chi connectivity index (χ1) is 12.9. The highest BCUT2D eigenvalue weighted by Gasteiger charge is 2.42. The van der Waals surface area contributed by atoms with Gasteiger partial charge in [-0.3, -0.25) is 9.79 Å². The average molecular weight is 506 g/mol. The number of rotatable bonds is 4. The Balaban J connectivity index is 0.00000280. The van der Waals surface area contributed by atoms with Gasteiger partial charge in [0.25, 0.3) is 0 Å². The topological polar surface area (TPSA) is 56.7 Å². The number of hydrogen-bond acceptors (Lipinski definition) is 2. The van der Waals surface area contributed by atoms with Gasteiger partial charge in [-0.25, -0.2) is 8.78 Å². The molecule has 2 fully saturated rings. The molecule has 1 spiro atoms. The molecule has 2 saturated heterocycles. The zero-order valence-corrected chi connectivity index (χ0v) is 18.8. The van der Waals surface area contributed by atoms with Crippen molar-refractivity contribution in [3.8, 4) is 0 Å². The summed E-state index contributed by atoms with van der Waals surface area (Å²) >= 11 is 0. The minimum atomic E-state index is -0.571. The van der Waals surface area contributed by atoms with Crippen LogP contribution >= 0.6 is 24.0 Å². The Bertz CT molecular complexity index is 730. The van der Waals surface area contributed by atoms with E-state index in [9.17, 15) is 13.6 Å². The van der Waals surface area contributed by atoms with Crippen LogP contribution in [0.5, 0.6) is 0 Å². The molecular weight excluding hydrogens is 477 g/mol. The molecule has 28 heavy (non-hydrogen) atoms. The largest absolute Gasteiger partial charge is 0.357 e. The van der Waals surface area contributed by atoms with E-state index < -0.39 is 11.6 Å². The maximum absolute atomic E-state index is 14.0. The molecule has 3 rings (SSSR count). The van der Waals surface area contributed by atoms with Crippen LogP contribution in [0.1, 0.15) is 44.6 Å². The summed E-state index contributed by atoms with van der Waals surface area (Å²) in [7, 11) is 0. The number of guanidine groups is 1. The van der Waals surface area contributed by atoms with Crippen molar-refractivity contribution in [3.63, 3.8) is 0 Å². The first-order valence-electron chi connectivity index (χ1n) is 9.67. The molecule has 1 aromatic carbocycles. The van der Waals surface area contributed by atoms with E-state index in [-0.39, 0.29) is 41.2 Å². The van der Waals surface area contributed by atoms with E-state index in [0.29, 0.717) is 18.5 Å². The van der Waals surface area contributed by atoms with E-state index in [1.165, 1.54) is 12.1 Å². The number of amides is 1. The van der Waals surface area contributed by atoms with Crippen molar-refractivity contribution in [3.05, 3.63) is 35.4 Å². The van der Waals surface area contributed by atoms with Crippen LogP contribution in [-0.2, 0) is 4.79 Å². The number of hydrogen-bond donors (Lipinski definition) is 2. The number of nitrogens with one attached hydrogen (secondary N) is 2. The Kier molecular flexibility index (Phi) is 8.03. The number of likely N-dealkylation sites (tertiary alicyclic amines) is 1. The van der Waals surface area contributed by atoms with Crippen LogP contribution in [-0.4, -0.2) is 49.5 Å². The third kappa shape index (κ3) is 5.33. The van der Waals surface area contributed by atoms with Gasteiger partial charge in [-0.2, -0.15) is 0 Å². The van der Waals surface area contributed by atoms with E-state index in [4.69, 9.17) is 4.99 Å². The van der Waals surface area contributed by atoms with Gasteiger partial charge in [0, 0.05) is 56.5 Å². The number of aliphatic imine (C=N–C) groups is 1. The van der Waals surface area contributed by atoms with Gasteiger partial charge in [0.2, 0.25) is 5.91 Å². The molecular formula is C20H29F2IN4O. The summed E-state index contributed by atoms with van der Waals surface area (Å²) < 4.78 is 27.1. The summed E-state index contributed by atoms with van der Waals surface area (Å²) in [5.74, 6) is -0.342. The van der Waals surface area contributed by atoms with Crippen molar-refractivity contribution in [2.75, 3.05) is 32.7 Å². The zero-order chi connectivity index (χ0) is 19.4. The van der Waals surface area contributed by atoms with Crippen LogP contribution in [0, 0.1) is 17.0 Å². The van der Waals surface area contributed by atoms with Crippen LogP contribution < -0.4 is 10.6 Å². The van der Waals surface area contributed by atoms with Gasteiger partial charge in [-0.05, 0) is 31.4 Å². The lowest BCUT2D eigenvalue weighted by atomic mass is 9.79. The number of piperidine rings is 1. The summed E-state index contributed by atoms with van der Waals surface area (Å²) in [5.41, 5.74) is 0.455. The maximum Gasteiger partial charge on any atom is 0.220 e. The van der Waals surface area contributed by atoms with Gasteiger partial charge in [-0.15, -0.1) is 24.0 Å². The Morgan fingerprint density at radius 1 is 1.43 bits per heavy atom. The quantitative estimate of drug-likeness (QED) is 0.375. The van der Waals surface area contributed by atoms with E-state index in [2.05, 4.69) is 15.5 Å². The van der Waals surface area contributed by atoms with Crippen molar-refractivity contribution in [2.45, 2.75) is 39.0 Å². The molecule has 2 aliphatic rings. The number of carbonyl (C=O) groups excluding carboxylic acids is 1. The third-order valence-corrected chi connectivity index (χ3v) is 5.50. The van der Waals surface area contributed by atoms with Crippen LogP contribution in [0.15, 0.2) is 23.2 Å². The summed E-state index contributed by atoms with van der Waals surface area (Å²) in [5, 5.41) is 6.27. The van der Waals surface area contributed by atoms with Crippen molar-refractivity contribution in [1.82, 2.24) is 15.5 Å². The van der Waals surface area contributed by atoms with Crippen molar-refractivity contribution in [1.29, 1.82) is 0 Å². The smallest absolute Gasteiger partial charge is 0.220 e. The van der Waals surface area contributed by atoms with Gasteiger partial charge in [-0.1, -0.05) is 13.0 Å². The SMILES string of the molecule is CCNC(=NCC(C)c1ccc(F)cc1F)N1CCCC2(CNC(=O)C2)C1.I.